The van der Waals surface area contributed by atoms with Crippen molar-refractivity contribution in [3.05, 3.63) is 30.3 Å². The van der Waals surface area contributed by atoms with Crippen LogP contribution in [-0.2, 0) is 9.59 Å². The number of hydrogen-bond donors (Lipinski definition) is 0. The standard InChI is InChI=1S/C15H21N3O2/c1-16(14-5-3-2-4-6-14)8-7-15(20)18-11-9-17(13-19)10-12-18/h2-6,13H,7-12H2,1H3. The van der Waals surface area contributed by atoms with Crippen molar-refractivity contribution in [2.75, 3.05) is 44.7 Å². The fraction of sp³-hybridized carbons (Fsp3) is 0.467. The van der Waals surface area contributed by atoms with Crippen molar-refractivity contribution >= 4 is 18.0 Å². The van der Waals surface area contributed by atoms with Crippen LogP contribution >= 0.6 is 0 Å². The lowest BCUT2D eigenvalue weighted by molar-refractivity contribution is -0.134. The zero-order chi connectivity index (χ0) is 14.4. The summed E-state index contributed by atoms with van der Waals surface area (Å²) in [6.45, 7) is 3.28. The third kappa shape index (κ3) is 3.73. The Morgan fingerprint density at radius 3 is 2.45 bits per heavy atom. The average Bonchev–Trinajstić information content (AvgIpc) is 2.53. The van der Waals surface area contributed by atoms with Crippen LogP contribution < -0.4 is 4.90 Å². The number of nitrogens with zero attached hydrogens (tertiary/aromatic N) is 3. The number of amides is 2. The molecular weight excluding hydrogens is 254 g/mol. The maximum atomic E-state index is 12.1. The van der Waals surface area contributed by atoms with Crippen molar-refractivity contribution in [2.45, 2.75) is 6.42 Å². The molecule has 108 valence electrons. The second-order valence-electron chi connectivity index (χ2n) is 5.03. The van der Waals surface area contributed by atoms with Gasteiger partial charge < -0.3 is 14.7 Å². The first kappa shape index (κ1) is 14.4. The number of carbonyl (C=O) groups excluding carboxylic acids is 2. The normalized spacial score (nSPS) is 15.1. The molecule has 0 saturated carbocycles. The van der Waals surface area contributed by atoms with E-state index in [-0.39, 0.29) is 5.91 Å². The summed E-state index contributed by atoms with van der Waals surface area (Å²) in [7, 11) is 1.99. The summed E-state index contributed by atoms with van der Waals surface area (Å²) in [4.78, 5) is 28.4. The minimum atomic E-state index is 0.165. The Morgan fingerprint density at radius 2 is 1.85 bits per heavy atom. The second-order valence-corrected chi connectivity index (χ2v) is 5.03. The summed E-state index contributed by atoms with van der Waals surface area (Å²) in [5.74, 6) is 0.165. The molecule has 0 aliphatic carbocycles. The van der Waals surface area contributed by atoms with Crippen molar-refractivity contribution in [2.24, 2.45) is 0 Å². The van der Waals surface area contributed by atoms with Crippen LogP contribution in [0.5, 0.6) is 0 Å². The summed E-state index contributed by atoms with van der Waals surface area (Å²) in [5.41, 5.74) is 1.12. The van der Waals surface area contributed by atoms with E-state index in [0.29, 0.717) is 39.1 Å². The first-order valence-electron chi connectivity index (χ1n) is 6.94. The van der Waals surface area contributed by atoms with E-state index in [4.69, 9.17) is 0 Å². The average molecular weight is 275 g/mol. The molecule has 1 aromatic carbocycles. The van der Waals surface area contributed by atoms with E-state index in [9.17, 15) is 9.59 Å². The lowest BCUT2D eigenvalue weighted by atomic mass is 10.2. The number of carbonyl (C=O) groups is 2. The van der Waals surface area contributed by atoms with Crippen LogP contribution in [0.1, 0.15) is 6.42 Å². The highest BCUT2D eigenvalue weighted by Gasteiger charge is 2.19. The maximum Gasteiger partial charge on any atom is 0.224 e. The van der Waals surface area contributed by atoms with Crippen molar-refractivity contribution < 1.29 is 9.59 Å². The predicted octanol–water partition coefficient (Wildman–Crippen LogP) is 0.814. The Labute approximate surface area is 119 Å². The Hall–Kier alpha value is -2.04. The Bertz CT molecular complexity index is 442. The van der Waals surface area contributed by atoms with Gasteiger partial charge in [-0.25, -0.2) is 0 Å². The van der Waals surface area contributed by atoms with Gasteiger partial charge in [0.2, 0.25) is 12.3 Å². The highest BCUT2D eigenvalue weighted by atomic mass is 16.2. The van der Waals surface area contributed by atoms with Gasteiger partial charge >= 0.3 is 0 Å². The Morgan fingerprint density at radius 1 is 1.20 bits per heavy atom. The smallest absolute Gasteiger partial charge is 0.224 e. The van der Waals surface area contributed by atoms with E-state index in [1.807, 2.05) is 42.3 Å². The van der Waals surface area contributed by atoms with E-state index < -0.39 is 0 Å². The molecule has 1 fully saturated rings. The molecule has 1 heterocycles. The van der Waals surface area contributed by atoms with Gasteiger partial charge in [-0.2, -0.15) is 0 Å². The molecule has 0 N–H and O–H groups in total. The lowest BCUT2D eigenvalue weighted by Gasteiger charge is -2.33. The molecule has 1 aliphatic heterocycles. The monoisotopic (exact) mass is 275 g/mol. The van der Waals surface area contributed by atoms with Crippen LogP contribution in [0.15, 0.2) is 30.3 Å². The molecule has 2 rings (SSSR count). The van der Waals surface area contributed by atoms with Gasteiger partial charge in [-0.15, -0.1) is 0 Å². The zero-order valence-corrected chi connectivity index (χ0v) is 11.9. The Balaban J connectivity index is 1.77. The van der Waals surface area contributed by atoms with E-state index in [2.05, 4.69) is 4.90 Å². The Kier molecular flexibility index (Phi) is 4.98. The van der Waals surface area contributed by atoms with Gasteiger partial charge in [-0.3, -0.25) is 9.59 Å². The number of para-hydroxylation sites is 1. The minimum Gasteiger partial charge on any atom is -0.374 e. The summed E-state index contributed by atoms with van der Waals surface area (Å²) < 4.78 is 0. The van der Waals surface area contributed by atoms with E-state index in [1.165, 1.54) is 0 Å². The van der Waals surface area contributed by atoms with Gasteiger partial charge in [-0.05, 0) is 12.1 Å². The van der Waals surface area contributed by atoms with Crippen LogP contribution in [0, 0.1) is 0 Å². The number of rotatable bonds is 5. The number of hydrogen-bond acceptors (Lipinski definition) is 3. The predicted molar refractivity (Wildman–Crippen MR) is 78.5 cm³/mol. The van der Waals surface area contributed by atoms with Crippen LogP contribution in [0.3, 0.4) is 0 Å². The van der Waals surface area contributed by atoms with Crippen LogP contribution in [-0.4, -0.2) is 61.9 Å². The van der Waals surface area contributed by atoms with E-state index >= 15 is 0 Å². The summed E-state index contributed by atoms with van der Waals surface area (Å²) in [5, 5.41) is 0. The highest BCUT2D eigenvalue weighted by molar-refractivity contribution is 5.77. The van der Waals surface area contributed by atoms with Gasteiger partial charge in [-0.1, -0.05) is 18.2 Å². The molecule has 20 heavy (non-hydrogen) atoms. The molecule has 0 aromatic heterocycles. The van der Waals surface area contributed by atoms with Gasteiger partial charge in [0.25, 0.3) is 0 Å². The van der Waals surface area contributed by atoms with Crippen molar-refractivity contribution in [1.82, 2.24) is 9.80 Å². The van der Waals surface area contributed by atoms with Gasteiger partial charge in [0.1, 0.15) is 0 Å². The number of piperazine rings is 1. The minimum absolute atomic E-state index is 0.165. The molecule has 1 aromatic rings. The van der Waals surface area contributed by atoms with Gasteiger partial charge in [0.05, 0.1) is 0 Å². The van der Waals surface area contributed by atoms with Gasteiger partial charge in [0, 0.05) is 51.9 Å². The number of anilines is 1. The second kappa shape index (κ2) is 6.93. The molecule has 2 amide bonds. The molecule has 0 atom stereocenters. The molecule has 0 spiro atoms. The molecular formula is C15H21N3O2. The first-order chi connectivity index (χ1) is 9.70. The molecule has 0 unspecified atom stereocenters. The summed E-state index contributed by atoms with van der Waals surface area (Å²) >= 11 is 0. The fourth-order valence-corrected chi connectivity index (χ4v) is 2.31. The quantitative estimate of drug-likeness (QED) is 0.747. The van der Waals surface area contributed by atoms with Crippen molar-refractivity contribution in [1.29, 1.82) is 0 Å². The maximum absolute atomic E-state index is 12.1. The largest absolute Gasteiger partial charge is 0.374 e. The topological polar surface area (TPSA) is 43.9 Å². The molecule has 1 saturated heterocycles. The van der Waals surface area contributed by atoms with Crippen molar-refractivity contribution in [3.8, 4) is 0 Å². The zero-order valence-electron chi connectivity index (χ0n) is 11.9. The van der Waals surface area contributed by atoms with Crippen LogP contribution in [0.2, 0.25) is 0 Å². The van der Waals surface area contributed by atoms with Crippen molar-refractivity contribution in [3.63, 3.8) is 0 Å². The summed E-state index contributed by atoms with van der Waals surface area (Å²) in [6, 6.07) is 10.0. The number of benzene rings is 1. The lowest BCUT2D eigenvalue weighted by Crippen LogP contribution is -2.48. The molecule has 1 aliphatic rings. The van der Waals surface area contributed by atoms with E-state index in [0.717, 1.165) is 12.1 Å². The summed E-state index contributed by atoms with van der Waals surface area (Å²) in [6.07, 6.45) is 1.36. The molecule has 5 nitrogen and oxygen atoms in total. The van der Waals surface area contributed by atoms with Crippen LogP contribution in [0.4, 0.5) is 5.69 Å². The first-order valence-corrected chi connectivity index (χ1v) is 6.94. The van der Waals surface area contributed by atoms with E-state index in [1.54, 1.807) is 4.90 Å². The van der Waals surface area contributed by atoms with Crippen LogP contribution in [0.25, 0.3) is 0 Å². The third-order valence-electron chi connectivity index (χ3n) is 3.67. The highest BCUT2D eigenvalue weighted by Crippen LogP contribution is 2.11. The molecule has 5 heteroatoms. The molecule has 0 radical (unpaired) electrons. The SMILES string of the molecule is CN(CCC(=O)N1CCN(C=O)CC1)c1ccccc1. The fourth-order valence-electron chi connectivity index (χ4n) is 2.31. The van der Waals surface area contributed by atoms with Gasteiger partial charge in [0.15, 0.2) is 0 Å². The molecule has 0 bridgehead atoms. The third-order valence-corrected chi connectivity index (χ3v) is 3.67.